The third-order valence-corrected chi connectivity index (χ3v) is 4.28. The maximum Gasteiger partial charge on any atom is 0.263 e. The molecule has 0 bridgehead atoms. The van der Waals surface area contributed by atoms with Gasteiger partial charge in [0.25, 0.3) is 5.91 Å². The predicted octanol–water partition coefficient (Wildman–Crippen LogP) is 2.42. The van der Waals surface area contributed by atoms with Crippen LogP contribution in [-0.2, 0) is 7.05 Å². The fourth-order valence-corrected chi connectivity index (χ4v) is 2.97. The predicted molar refractivity (Wildman–Crippen MR) is 99.0 cm³/mol. The van der Waals surface area contributed by atoms with Gasteiger partial charge in [-0.3, -0.25) is 9.48 Å². The highest BCUT2D eigenvalue weighted by atomic mass is 35.5. The number of halogens is 2. The van der Waals surface area contributed by atoms with Crippen LogP contribution >= 0.6 is 36.2 Å². The van der Waals surface area contributed by atoms with Gasteiger partial charge in [0.1, 0.15) is 9.88 Å². The Kier molecular flexibility index (Phi) is 9.38. The number of amides is 1. The van der Waals surface area contributed by atoms with Gasteiger partial charge in [0.15, 0.2) is 0 Å². The number of hydrogen-bond donors (Lipinski definition) is 2. The van der Waals surface area contributed by atoms with Gasteiger partial charge in [-0.2, -0.15) is 5.10 Å². The third kappa shape index (κ3) is 5.76. The Morgan fingerprint density at radius 1 is 1.43 bits per heavy atom. The van der Waals surface area contributed by atoms with Crippen molar-refractivity contribution in [1.82, 2.24) is 25.4 Å². The molecule has 130 valence electrons. The number of thiazole rings is 1. The second-order valence-corrected chi connectivity index (χ2v) is 6.00. The van der Waals surface area contributed by atoms with Gasteiger partial charge in [-0.15, -0.1) is 36.2 Å². The molecule has 1 atom stereocenters. The summed E-state index contributed by atoms with van der Waals surface area (Å²) in [7, 11) is 1.86. The molecular formula is C14H23Cl2N5OS. The van der Waals surface area contributed by atoms with Crippen LogP contribution in [0, 0.1) is 6.92 Å². The van der Waals surface area contributed by atoms with Crippen molar-refractivity contribution in [2.75, 3.05) is 13.1 Å². The number of hydrogen-bond acceptors (Lipinski definition) is 5. The van der Waals surface area contributed by atoms with E-state index in [0.717, 1.165) is 22.8 Å². The van der Waals surface area contributed by atoms with Gasteiger partial charge in [-0.05, 0) is 20.4 Å². The average molecular weight is 380 g/mol. The van der Waals surface area contributed by atoms with Crippen LogP contribution < -0.4 is 10.6 Å². The van der Waals surface area contributed by atoms with Crippen molar-refractivity contribution in [1.29, 1.82) is 0 Å². The van der Waals surface area contributed by atoms with Gasteiger partial charge in [0.05, 0.1) is 11.9 Å². The minimum atomic E-state index is -0.0649. The smallest absolute Gasteiger partial charge is 0.263 e. The first-order valence-electron chi connectivity index (χ1n) is 6.99. The first kappa shape index (κ1) is 21.9. The lowest BCUT2D eigenvalue weighted by Gasteiger charge is -2.12. The van der Waals surface area contributed by atoms with Gasteiger partial charge >= 0.3 is 0 Å². The molecule has 6 nitrogen and oxygen atoms in total. The van der Waals surface area contributed by atoms with Crippen molar-refractivity contribution in [2.24, 2.45) is 7.05 Å². The number of nitrogens with one attached hydrogen (secondary N) is 2. The molecule has 0 saturated carbocycles. The van der Waals surface area contributed by atoms with Gasteiger partial charge in [-0.1, -0.05) is 6.92 Å². The molecular weight excluding hydrogens is 357 g/mol. The molecule has 2 heterocycles. The van der Waals surface area contributed by atoms with Crippen LogP contribution in [-0.4, -0.2) is 39.8 Å². The average Bonchev–Trinajstić information content (AvgIpc) is 3.02. The van der Waals surface area contributed by atoms with Crippen molar-refractivity contribution in [3.8, 4) is 10.6 Å². The zero-order chi connectivity index (χ0) is 15.4. The molecule has 0 aliphatic rings. The molecule has 0 spiro atoms. The lowest BCUT2D eigenvalue weighted by Crippen LogP contribution is -2.38. The van der Waals surface area contributed by atoms with E-state index in [-0.39, 0.29) is 36.8 Å². The van der Waals surface area contributed by atoms with E-state index in [1.54, 1.807) is 10.9 Å². The highest BCUT2D eigenvalue weighted by Gasteiger charge is 2.17. The molecule has 0 aliphatic carbocycles. The van der Waals surface area contributed by atoms with E-state index in [9.17, 15) is 4.79 Å². The number of nitrogens with zero attached hydrogens (tertiary/aromatic N) is 3. The Balaban J connectivity index is 0.00000242. The first-order valence-corrected chi connectivity index (χ1v) is 7.81. The summed E-state index contributed by atoms with van der Waals surface area (Å²) in [5.74, 6) is -0.0649. The summed E-state index contributed by atoms with van der Waals surface area (Å²) >= 11 is 1.40. The van der Waals surface area contributed by atoms with Gasteiger partial charge in [-0.25, -0.2) is 4.98 Å². The zero-order valence-electron chi connectivity index (χ0n) is 13.6. The van der Waals surface area contributed by atoms with Crippen LogP contribution in [0.3, 0.4) is 0 Å². The summed E-state index contributed by atoms with van der Waals surface area (Å²) < 4.78 is 1.73. The number of carbonyl (C=O) groups is 1. The van der Waals surface area contributed by atoms with Gasteiger partial charge in [0, 0.05) is 31.4 Å². The third-order valence-electron chi connectivity index (χ3n) is 3.08. The van der Waals surface area contributed by atoms with Gasteiger partial charge < -0.3 is 10.6 Å². The van der Waals surface area contributed by atoms with Crippen LogP contribution in [0.5, 0.6) is 0 Å². The largest absolute Gasteiger partial charge is 0.350 e. The monoisotopic (exact) mass is 379 g/mol. The standard InChI is InChI=1S/C14H21N5OS.2ClH/c1-5-15-9(2)6-16-13(20)12-10(3)18-14(21-12)11-7-17-19(4)8-11;;/h7-9,15H,5-6H2,1-4H3,(H,16,20);2*1H/t9-;;/m1../s1. The summed E-state index contributed by atoms with van der Waals surface area (Å²) in [6.07, 6.45) is 3.65. The normalized spacial score (nSPS) is 11.3. The minimum absolute atomic E-state index is 0. The summed E-state index contributed by atoms with van der Waals surface area (Å²) in [6, 6.07) is 0.255. The molecule has 2 N–H and O–H groups in total. The molecule has 0 saturated heterocycles. The highest BCUT2D eigenvalue weighted by Crippen LogP contribution is 2.27. The number of carbonyl (C=O) groups excluding carboxylic acids is 1. The van der Waals surface area contributed by atoms with E-state index < -0.39 is 0 Å². The highest BCUT2D eigenvalue weighted by molar-refractivity contribution is 7.17. The number of likely N-dealkylation sites (N-methyl/N-ethyl adjacent to an activating group) is 1. The SMILES string of the molecule is CCN[C@H](C)CNC(=O)c1sc(-c2cnn(C)c2)nc1C.Cl.Cl. The molecule has 2 rings (SSSR count). The van der Waals surface area contributed by atoms with E-state index in [2.05, 4.69) is 20.7 Å². The Bertz CT molecular complexity index is 628. The molecule has 0 fully saturated rings. The minimum Gasteiger partial charge on any atom is -0.350 e. The molecule has 0 aromatic carbocycles. The fraction of sp³-hybridized carbons (Fsp3) is 0.500. The topological polar surface area (TPSA) is 71.8 Å². The maximum absolute atomic E-state index is 12.2. The summed E-state index contributed by atoms with van der Waals surface area (Å²) in [5.41, 5.74) is 1.69. The van der Waals surface area contributed by atoms with E-state index in [0.29, 0.717) is 11.4 Å². The quantitative estimate of drug-likeness (QED) is 0.808. The molecule has 2 aromatic rings. The van der Waals surface area contributed by atoms with Crippen molar-refractivity contribution in [2.45, 2.75) is 26.8 Å². The molecule has 0 unspecified atom stereocenters. The lowest BCUT2D eigenvalue weighted by atomic mass is 10.3. The molecule has 1 amide bonds. The molecule has 9 heteroatoms. The fourth-order valence-electron chi connectivity index (χ4n) is 2.01. The van der Waals surface area contributed by atoms with Crippen molar-refractivity contribution >= 4 is 42.1 Å². The first-order chi connectivity index (χ1) is 10.0. The zero-order valence-corrected chi connectivity index (χ0v) is 16.1. The summed E-state index contributed by atoms with van der Waals surface area (Å²) in [4.78, 5) is 17.4. The van der Waals surface area contributed by atoms with E-state index in [1.807, 2.05) is 34.0 Å². The number of aromatic nitrogens is 3. The van der Waals surface area contributed by atoms with E-state index >= 15 is 0 Å². The summed E-state index contributed by atoms with van der Waals surface area (Å²) in [5, 5.41) is 11.2. The summed E-state index contributed by atoms with van der Waals surface area (Å²) in [6.45, 7) is 7.45. The molecule has 2 aromatic heterocycles. The van der Waals surface area contributed by atoms with Crippen LogP contribution in [0.4, 0.5) is 0 Å². The molecule has 0 aliphatic heterocycles. The molecule has 0 radical (unpaired) electrons. The Morgan fingerprint density at radius 3 is 2.70 bits per heavy atom. The van der Waals surface area contributed by atoms with Gasteiger partial charge in [0.2, 0.25) is 0 Å². The second kappa shape index (κ2) is 9.87. The van der Waals surface area contributed by atoms with E-state index in [4.69, 9.17) is 0 Å². The lowest BCUT2D eigenvalue weighted by molar-refractivity contribution is 0.0953. The van der Waals surface area contributed by atoms with E-state index in [1.165, 1.54) is 11.3 Å². The Labute approximate surface area is 152 Å². The maximum atomic E-state index is 12.2. The van der Waals surface area contributed by atoms with Crippen LogP contribution in [0.2, 0.25) is 0 Å². The van der Waals surface area contributed by atoms with Crippen molar-refractivity contribution in [3.05, 3.63) is 23.0 Å². The molecule has 23 heavy (non-hydrogen) atoms. The van der Waals surface area contributed by atoms with Crippen molar-refractivity contribution < 1.29 is 4.79 Å². The van der Waals surface area contributed by atoms with Crippen LogP contribution in [0.1, 0.15) is 29.2 Å². The van der Waals surface area contributed by atoms with Crippen LogP contribution in [0.15, 0.2) is 12.4 Å². The van der Waals surface area contributed by atoms with Crippen molar-refractivity contribution in [3.63, 3.8) is 0 Å². The van der Waals surface area contributed by atoms with Crippen LogP contribution in [0.25, 0.3) is 10.6 Å². The number of rotatable bonds is 6. The number of aryl methyl sites for hydroxylation is 2. The second-order valence-electron chi connectivity index (χ2n) is 5.00. The Hall–Kier alpha value is -1.15. The Morgan fingerprint density at radius 2 is 2.13 bits per heavy atom.